The highest BCUT2D eigenvalue weighted by molar-refractivity contribution is 6.30. The first-order valence-electron chi connectivity index (χ1n) is 11.9. The van der Waals surface area contributed by atoms with Crippen LogP contribution >= 0.6 is 11.6 Å². The Labute approximate surface area is 204 Å². The lowest BCUT2D eigenvalue weighted by Gasteiger charge is -2.39. The molecule has 0 aliphatic carbocycles. The summed E-state index contributed by atoms with van der Waals surface area (Å²) in [6, 6.07) is 15.6. The molecular formula is C28H27ClN2O3. The number of rotatable bonds is 3. The summed E-state index contributed by atoms with van der Waals surface area (Å²) < 4.78 is 12.4. The summed E-state index contributed by atoms with van der Waals surface area (Å²) in [5.74, 6) is 1.52. The fraction of sp³-hybridized carbons (Fsp3) is 0.321. The fourth-order valence-electron chi connectivity index (χ4n) is 5.51. The van der Waals surface area contributed by atoms with E-state index in [1.54, 1.807) is 18.3 Å². The molecule has 4 heterocycles. The van der Waals surface area contributed by atoms with Gasteiger partial charge in [0.15, 0.2) is 0 Å². The van der Waals surface area contributed by atoms with Gasteiger partial charge in [-0.1, -0.05) is 29.8 Å². The summed E-state index contributed by atoms with van der Waals surface area (Å²) in [6.45, 7) is 3.66. The van der Waals surface area contributed by atoms with Crippen molar-refractivity contribution in [3.8, 4) is 17.4 Å². The number of piperidine rings is 1. The molecule has 2 aromatic carbocycles. The van der Waals surface area contributed by atoms with Crippen molar-refractivity contribution in [3.05, 3.63) is 88.1 Å². The molecule has 0 saturated carbocycles. The van der Waals surface area contributed by atoms with E-state index in [9.17, 15) is 5.11 Å². The lowest BCUT2D eigenvalue weighted by molar-refractivity contribution is -0.0785. The Morgan fingerprint density at radius 3 is 2.88 bits per heavy atom. The molecule has 0 unspecified atom stereocenters. The first kappa shape index (κ1) is 21.7. The normalized spacial score (nSPS) is 19.9. The van der Waals surface area contributed by atoms with Crippen molar-refractivity contribution in [3.63, 3.8) is 0 Å². The number of allylic oxidation sites excluding steroid dienone is 1. The third-order valence-electron chi connectivity index (χ3n) is 7.36. The molecule has 0 radical (unpaired) electrons. The van der Waals surface area contributed by atoms with Crippen molar-refractivity contribution in [2.24, 2.45) is 0 Å². The molecular weight excluding hydrogens is 448 g/mol. The number of likely N-dealkylation sites (tertiary alicyclic amines) is 1. The van der Waals surface area contributed by atoms with E-state index < -0.39 is 0 Å². The van der Waals surface area contributed by atoms with Crippen LogP contribution in [0.4, 0.5) is 0 Å². The Morgan fingerprint density at radius 1 is 1.12 bits per heavy atom. The van der Waals surface area contributed by atoms with E-state index in [2.05, 4.69) is 22.0 Å². The third kappa shape index (κ3) is 3.88. The zero-order valence-electron chi connectivity index (χ0n) is 19.0. The smallest absolute Gasteiger partial charge is 0.226 e. The second-order valence-corrected chi connectivity index (χ2v) is 9.77. The summed E-state index contributed by atoms with van der Waals surface area (Å²) in [4.78, 5) is 6.96. The number of nitrogens with zero attached hydrogens (tertiary/aromatic N) is 2. The van der Waals surface area contributed by atoms with Crippen molar-refractivity contribution >= 4 is 17.2 Å². The molecule has 34 heavy (non-hydrogen) atoms. The van der Waals surface area contributed by atoms with Gasteiger partial charge < -0.3 is 19.5 Å². The van der Waals surface area contributed by atoms with Gasteiger partial charge >= 0.3 is 0 Å². The molecule has 0 atom stereocenters. The SMILES string of the molecule is Oc1cccc2c1C/C(=C/CCN1CCC3(CC1)OCc1cc(Cl)ccc13)c1cccnc1O2. The summed E-state index contributed by atoms with van der Waals surface area (Å²) in [5, 5.41) is 11.2. The number of hydrogen-bond donors (Lipinski definition) is 1. The highest BCUT2D eigenvalue weighted by Crippen LogP contribution is 2.45. The monoisotopic (exact) mass is 474 g/mol. The highest BCUT2D eigenvalue weighted by Gasteiger charge is 2.42. The largest absolute Gasteiger partial charge is 0.508 e. The van der Waals surface area contributed by atoms with E-state index in [0.29, 0.717) is 24.7 Å². The molecule has 3 aromatic rings. The Morgan fingerprint density at radius 2 is 2.00 bits per heavy atom. The number of benzene rings is 2. The van der Waals surface area contributed by atoms with Crippen LogP contribution in [0.25, 0.3) is 5.57 Å². The summed E-state index contributed by atoms with van der Waals surface area (Å²) in [6.07, 6.45) is 7.56. The average Bonchev–Trinajstić information content (AvgIpc) is 3.09. The number of aromatic nitrogens is 1. The Balaban J connectivity index is 1.15. The topological polar surface area (TPSA) is 54.8 Å². The minimum Gasteiger partial charge on any atom is -0.508 e. The van der Waals surface area contributed by atoms with Gasteiger partial charge in [-0.2, -0.15) is 0 Å². The minimum atomic E-state index is -0.153. The second-order valence-electron chi connectivity index (χ2n) is 9.33. The number of hydrogen-bond acceptors (Lipinski definition) is 5. The van der Waals surface area contributed by atoms with Gasteiger partial charge in [0.05, 0.1) is 12.2 Å². The first-order chi connectivity index (χ1) is 16.6. The Hall–Kier alpha value is -2.86. The molecule has 6 rings (SSSR count). The van der Waals surface area contributed by atoms with Gasteiger partial charge in [0.25, 0.3) is 0 Å². The zero-order valence-corrected chi connectivity index (χ0v) is 19.7. The summed E-state index contributed by atoms with van der Waals surface area (Å²) in [5.41, 5.74) is 5.34. The number of aromatic hydroxyl groups is 1. The van der Waals surface area contributed by atoms with Gasteiger partial charge in [-0.15, -0.1) is 0 Å². The summed E-state index contributed by atoms with van der Waals surface area (Å²) >= 11 is 6.18. The molecule has 1 fully saturated rings. The number of halogens is 1. The van der Waals surface area contributed by atoms with Crippen LogP contribution in [-0.2, 0) is 23.4 Å². The van der Waals surface area contributed by atoms with Gasteiger partial charge in [0.1, 0.15) is 11.5 Å². The molecule has 6 heteroatoms. The van der Waals surface area contributed by atoms with Crippen LogP contribution < -0.4 is 4.74 Å². The molecule has 1 saturated heterocycles. The molecule has 1 aromatic heterocycles. The Bertz CT molecular complexity index is 1260. The zero-order chi connectivity index (χ0) is 23.1. The molecule has 1 spiro atoms. The second kappa shape index (κ2) is 8.73. The van der Waals surface area contributed by atoms with Crippen molar-refractivity contribution in [2.45, 2.75) is 37.9 Å². The molecule has 1 N–H and O–H groups in total. The molecule has 0 amide bonds. The minimum absolute atomic E-state index is 0.153. The number of phenols is 1. The van der Waals surface area contributed by atoms with E-state index in [1.807, 2.05) is 30.3 Å². The van der Waals surface area contributed by atoms with Gasteiger partial charge in [-0.05, 0) is 72.4 Å². The van der Waals surface area contributed by atoms with Gasteiger partial charge in [0.2, 0.25) is 5.88 Å². The standard InChI is InChI=1S/C28H27ClN2O3/c29-21-8-9-24-20(16-21)18-33-28(24)10-14-31(15-11-28)13-3-4-19-17-23-25(32)6-1-7-26(23)34-27-22(19)5-2-12-30-27/h1-2,4-9,12,16,32H,3,10-11,13-15,17-18H2/b19-4-. The van der Waals surface area contributed by atoms with Crippen LogP contribution in [0.2, 0.25) is 5.02 Å². The maximum Gasteiger partial charge on any atom is 0.226 e. The number of phenolic OH excluding ortho intramolecular Hbond substituents is 1. The van der Waals surface area contributed by atoms with Crippen LogP contribution in [0.5, 0.6) is 17.4 Å². The lowest BCUT2D eigenvalue weighted by atomic mass is 9.84. The quantitative estimate of drug-likeness (QED) is 0.498. The van der Waals surface area contributed by atoms with Crippen LogP contribution in [0.15, 0.2) is 60.8 Å². The average molecular weight is 475 g/mol. The van der Waals surface area contributed by atoms with E-state index in [1.165, 1.54) is 11.1 Å². The van der Waals surface area contributed by atoms with E-state index in [-0.39, 0.29) is 11.4 Å². The van der Waals surface area contributed by atoms with E-state index >= 15 is 0 Å². The van der Waals surface area contributed by atoms with Crippen LogP contribution in [0, 0.1) is 0 Å². The highest BCUT2D eigenvalue weighted by atomic mass is 35.5. The predicted octanol–water partition coefficient (Wildman–Crippen LogP) is 6.08. The molecule has 5 nitrogen and oxygen atoms in total. The van der Waals surface area contributed by atoms with Gasteiger partial charge in [-0.3, -0.25) is 0 Å². The molecule has 3 aliphatic rings. The number of fused-ring (bicyclic) bond motifs is 4. The maximum absolute atomic E-state index is 10.4. The molecule has 0 bridgehead atoms. The van der Waals surface area contributed by atoms with Crippen molar-refractivity contribution in [1.82, 2.24) is 9.88 Å². The van der Waals surface area contributed by atoms with Crippen molar-refractivity contribution in [2.75, 3.05) is 19.6 Å². The predicted molar refractivity (Wildman–Crippen MR) is 132 cm³/mol. The van der Waals surface area contributed by atoms with Crippen LogP contribution in [-0.4, -0.2) is 34.6 Å². The van der Waals surface area contributed by atoms with Crippen LogP contribution in [0.1, 0.15) is 41.5 Å². The van der Waals surface area contributed by atoms with Crippen molar-refractivity contribution < 1.29 is 14.6 Å². The third-order valence-corrected chi connectivity index (χ3v) is 7.60. The lowest BCUT2D eigenvalue weighted by Crippen LogP contribution is -2.42. The van der Waals surface area contributed by atoms with Crippen LogP contribution in [0.3, 0.4) is 0 Å². The van der Waals surface area contributed by atoms with Crippen molar-refractivity contribution in [1.29, 1.82) is 0 Å². The van der Waals surface area contributed by atoms with E-state index in [4.69, 9.17) is 21.1 Å². The van der Waals surface area contributed by atoms with Gasteiger partial charge in [0, 0.05) is 48.4 Å². The Kier molecular flexibility index (Phi) is 5.56. The molecule has 3 aliphatic heterocycles. The van der Waals surface area contributed by atoms with E-state index in [0.717, 1.165) is 60.6 Å². The summed E-state index contributed by atoms with van der Waals surface area (Å²) in [7, 11) is 0. The maximum atomic E-state index is 10.4. The number of pyridine rings is 1. The first-order valence-corrected chi connectivity index (χ1v) is 12.3. The fourth-order valence-corrected chi connectivity index (χ4v) is 5.70. The molecule has 174 valence electrons. The number of ether oxygens (including phenoxy) is 2. The van der Waals surface area contributed by atoms with Gasteiger partial charge in [-0.25, -0.2) is 4.98 Å².